The smallest absolute Gasteiger partial charge is 0.423 e. The Hall–Kier alpha value is -4.12. The summed E-state index contributed by atoms with van der Waals surface area (Å²) in [7, 11) is -1.51. The minimum atomic E-state index is -1.51. The SMILES string of the molecule is C=CC1=C(/C=C\C)c2cc(N(c3ccc(B(O)O)cc3)c3ccccc3-c3ccccc3)ccc2C1(C)C. The van der Waals surface area contributed by atoms with Gasteiger partial charge in [-0.05, 0) is 70.6 Å². The van der Waals surface area contributed by atoms with Gasteiger partial charge in [0.05, 0.1) is 5.69 Å². The quantitative estimate of drug-likeness (QED) is 0.263. The summed E-state index contributed by atoms with van der Waals surface area (Å²) in [6, 6.07) is 32.8. The van der Waals surface area contributed by atoms with Gasteiger partial charge in [-0.3, -0.25) is 0 Å². The lowest BCUT2D eigenvalue weighted by molar-refractivity contribution is 0.426. The summed E-state index contributed by atoms with van der Waals surface area (Å²) in [4.78, 5) is 2.24. The Morgan fingerprint density at radius 3 is 2.11 bits per heavy atom. The van der Waals surface area contributed by atoms with E-state index in [0.29, 0.717) is 5.46 Å². The molecule has 1 aliphatic carbocycles. The van der Waals surface area contributed by atoms with Crippen molar-refractivity contribution < 1.29 is 10.0 Å². The molecular formula is C34H32BNO2. The van der Waals surface area contributed by atoms with Crippen LogP contribution in [0.4, 0.5) is 17.1 Å². The minimum Gasteiger partial charge on any atom is -0.423 e. The number of hydrogen-bond donors (Lipinski definition) is 2. The van der Waals surface area contributed by atoms with Gasteiger partial charge in [-0.25, -0.2) is 0 Å². The summed E-state index contributed by atoms with van der Waals surface area (Å²) in [5, 5.41) is 19.4. The van der Waals surface area contributed by atoms with Crippen molar-refractivity contribution in [2.45, 2.75) is 26.2 Å². The molecule has 0 amide bonds. The Morgan fingerprint density at radius 2 is 1.45 bits per heavy atom. The fraction of sp³-hybridized carbons (Fsp3) is 0.118. The molecule has 0 fully saturated rings. The van der Waals surface area contributed by atoms with Crippen LogP contribution in [0.5, 0.6) is 0 Å². The zero-order valence-corrected chi connectivity index (χ0v) is 22.1. The van der Waals surface area contributed by atoms with Gasteiger partial charge in [0.25, 0.3) is 0 Å². The molecule has 0 saturated heterocycles. The Balaban J connectivity index is 1.75. The largest absolute Gasteiger partial charge is 0.488 e. The number of anilines is 3. The third kappa shape index (κ3) is 4.43. The number of allylic oxidation sites excluding steroid dienone is 5. The van der Waals surface area contributed by atoms with Crippen LogP contribution in [0.1, 0.15) is 31.9 Å². The van der Waals surface area contributed by atoms with E-state index < -0.39 is 7.12 Å². The molecule has 1 aliphatic rings. The van der Waals surface area contributed by atoms with Gasteiger partial charge in [-0.1, -0.05) is 105 Å². The summed E-state index contributed by atoms with van der Waals surface area (Å²) >= 11 is 0. The van der Waals surface area contributed by atoms with Crippen LogP contribution in [0.25, 0.3) is 16.7 Å². The predicted octanol–water partition coefficient (Wildman–Crippen LogP) is 7.31. The monoisotopic (exact) mass is 497 g/mol. The van der Waals surface area contributed by atoms with Crippen molar-refractivity contribution in [1.29, 1.82) is 0 Å². The second-order valence-corrected chi connectivity index (χ2v) is 10.1. The number of fused-ring (bicyclic) bond motifs is 1. The Morgan fingerprint density at radius 1 is 0.789 bits per heavy atom. The molecule has 2 N–H and O–H groups in total. The third-order valence-corrected chi connectivity index (χ3v) is 7.41. The van der Waals surface area contributed by atoms with Crippen molar-refractivity contribution in [2.75, 3.05) is 4.90 Å². The van der Waals surface area contributed by atoms with Gasteiger partial charge in [0.2, 0.25) is 0 Å². The first-order valence-corrected chi connectivity index (χ1v) is 12.9. The van der Waals surface area contributed by atoms with E-state index in [1.54, 1.807) is 12.1 Å². The van der Waals surface area contributed by atoms with Gasteiger partial charge in [0.15, 0.2) is 0 Å². The lowest BCUT2D eigenvalue weighted by Crippen LogP contribution is -2.29. The van der Waals surface area contributed by atoms with Crippen molar-refractivity contribution in [3.8, 4) is 11.1 Å². The minimum absolute atomic E-state index is 0.143. The molecule has 0 unspecified atom stereocenters. The predicted molar refractivity (Wildman–Crippen MR) is 161 cm³/mol. The topological polar surface area (TPSA) is 43.7 Å². The zero-order valence-electron chi connectivity index (χ0n) is 22.1. The molecular weight excluding hydrogens is 465 g/mol. The molecule has 0 radical (unpaired) electrons. The molecule has 4 heteroatoms. The van der Waals surface area contributed by atoms with Gasteiger partial charge in [-0.2, -0.15) is 0 Å². The summed E-state index contributed by atoms with van der Waals surface area (Å²) in [6.45, 7) is 10.7. The van der Waals surface area contributed by atoms with E-state index in [1.165, 1.54) is 22.3 Å². The number of benzene rings is 4. The van der Waals surface area contributed by atoms with Crippen LogP contribution < -0.4 is 10.4 Å². The third-order valence-electron chi connectivity index (χ3n) is 7.41. The number of hydrogen-bond acceptors (Lipinski definition) is 3. The van der Waals surface area contributed by atoms with E-state index in [4.69, 9.17) is 0 Å². The first-order chi connectivity index (χ1) is 18.4. The van der Waals surface area contributed by atoms with Crippen LogP contribution in [0, 0.1) is 0 Å². The maximum Gasteiger partial charge on any atom is 0.488 e. The molecule has 0 spiro atoms. The van der Waals surface area contributed by atoms with Crippen molar-refractivity contribution in [1.82, 2.24) is 0 Å². The number of rotatable bonds is 7. The first-order valence-electron chi connectivity index (χ1n) is 12.9. The maximum atomic E-state index is 9.69. The van der Waals surface area contributed by atoms with Gasteiger partial charge in [0, 0.05) is 22.4 Å². The highest BCUT2D eigenvalue weighted by atomic mass is 16.4. The molecule has 38 heavy (non-hydrogen) atoms. The van der Waals surface area contributed by atoms with Crippen molar-refractivity contribution in [3.05, 3.63) is 139 Å². The summed E-state index contributed by atoms with van der Waals surface area (Å²) in [5.41, 5.74) is 10.4. The van der Waals surface area contributed by atoms with Gasteiger partial charge >= 0.3 is 7.12 Å². The van der Waals surface area contributed by atoms with Gasteiger partial charge < -0.3 is 14.9 Å². The standard InChI is InChI=1S/C34H32BNO2/c1-5-12-29-30-23-27(21-22-32(30)34(3,4)31(29)6-2)36(26-19-17-25(18-20-26)35(37)38)33-16-11-10-15-28(33)24-13-8-7-9-14-24/h5-23,37-38H,2H2,1,3-4H3/b12-5-. The van der Waals surface area contributed by atoms with E-state index in [0.717, 1.165) is 28.2 Å². The molecule has 0 atom stereocenters. The lowest BCUT2D eigenvalue weighted by atomic mass is 9.80. The van der Waals surface area contributed by atoms with E-state index in [1.807, 2.05) is 31.2 Å². The normalized spacial score (nSPS) is 14.0. The van der Waals surface area contributed by atoms with Crippen molar-refractivity contribution >= 4 is 35.2 Å². The maximum absolute atomic E-state index is 9.69. The molecule has 0 aromatic heterocycles. The molecule has 0 bridgehead atoms. The van der Waals surface area contributed by atoms with E-state index in [9.17, 15) is 10.0 Å². The van der Waals surface area contributed by atoms with E-state index >= 15 is 0 Å². The molecule has 5 rings (SSSR count). The number of nitrogens with zero attached hydrogens (tertiary/aromatic N) is 1. The number of para-hydroxylation sites is 1. The molecule has 0 saturated carbocycles. The average molecular weight is 497 g/mol. The Kier molecular flexibility index (Phi) is 6.94. The molecule has 0 heterocycles. The van der Waals surface area contributed by atoms with Crippen LogP contribution in [0.3, 0.4) is 0 Å². The fourth-order valence-electron chi connectivity index (χ4n) is 5.53. The van der Waals surface area contributed by atoms with Crippen LogP contribution in [-0.4, -0.2) is 17.2 Å². The van der Waals surface area contributed by atoms with Crippen LogP contribution in [0.2, 0.25) is 0 Å². The van der Waals surface area contributed by atoms with E-state index in [2.05, 4.69) is 104 Å². The Labute approximate surface area is 225 Å². The highest BCUT2D eigenvalue weighted by molar-refractivity contribution is 6.58. The highest BCUT2D eigenvalue weighted by Crippen LogP contribution is 2.49. The fourth-order valence-corrected chi connectivity index (χ4v) is 5.53. The van der Waals surface area contributed by atoms with Crippen LogP contribution in [0.15, 0.2) is 127 Å². The van der Waals surface area contributed by atoms with Gasteiger partial charge in [-0.15, -0.1) is 0 Å². The zero-order chi connectivity index (χ0) is 26.9. The summed E-state index contributed by atoms with van der Waals surface area (Å²) in [5.74, 6) is 0. The summed E-state index contributed by atoms with van der Waals surface area (Å²) < 4.78 is 0. The van der Waals surface area contributed by atoms with Gasteiger partial charge in [0.1, 0.15) is 0 Å². The van der Waals surface area contributed by atoms with Crippen LogP contribution in [-0.2, 0) is 5.41 Å². The molecule has 4 aromatic carbocycles. The van der Waals surface area contributed by atoms with Crippen molar-refractivity contribution in [2.24, 2.45) is 0 Å². The van der Waals surface area contributed by atoms with E-state index in [-0.39, 0.29) is 5.41 Å². The molecule has 3 nitrogen and oxygen atoms in total. The molecule has 4 aromatic rings. The van der Waals surface area contributed by atoms with Crippen LogP contribution >= 0.6 is 0 Å². The first kappa shape index (κ1) is 25.5. The molecule has 0 aliphatic heterocycles. The highest BCUT2D eigenvalue weighted by Gasteiger charge is 2.36. The Bertz CT molecular complexity index is 1530. The average Bonchev–Trinajstić information content (AvgIpc) is 3.15. The lowest BCUT2D eigenvalue weighted by Gasteiger charge is -2.29. The second-order valence-electron chi connectivity index (χ2n) is 10.1. The second kappa shape index (κ2) is 10.3. The van der Waals surface area contributed by atoms with Crippen molar-refractivity contribution in [3.63, 3.8) is 0 Å². The molecule has 188 valence electrons. The summed E-state index contributed by atoms with van der Waals surface area (Å²) in [6.07, 6.45) is 6.24.